The summed E-state index contributed by atoms with van der Waals surface area (Å²) in [5.41, 5.74) is 11.3. The lowest BCUT2D eigenvalue weighted by Crippen LogP contribution is -1.98. The quantitative estimate of drug-likeness (QED) is 0.627. The molecule has 2 aromatic rings. The van der Waals surface area contributed by atoms with Crippen molar-refractivity contribution in [3.8, 4) is 0 Å². The van der Waals surface area contributed by atoms with Crippen LogP contribution in [0, 0.1) is 0 Å². The zero-order valence-electron chi connectivity index (χ0n) is 15.6. The van der Waals surface area contributed by atoms with Gasteiger partial charge in [-0.05, 0) is 78.3 Å². The fourth-order valence-corrected chi connectivity index (χ4v) is 4.18. The van der Waals surface area contributed by atoms with Crippen molar-refractivity contribution in [2.75, 3.05) is 0 Å². The van der Waals surface area contributed by atoms with E-state index in [0.717, 1.165) is 31.4 Å². The van der Waals surface area contributed by atoms with Crippen LogP contribution in [-0.2, 0) is 12.8 Å². The average Bonchev–Trinajstić information content (AvgIpc) is 2.97. The van der Waals surface area contributed by atoms with Gasteiger partial charge in [0.25, 0.3) is 0 Å². The third-order valence-electron chi connectivity index (χ3n) is 5.63. The smallest absolute Gasteiger partial charge is 0.0665 e. The first kappa shape index (κ1) is 16.2. The van der Waals surface area contributed by atoms with Crippen LogP contribution in [0.4, 0.5) is 5.69 Å². The van der Waals surface area contributed by atoms with Crippen LogP contribution < -0.4 is 0 Å². The molecule has 0 fully saturated rings. The van der Waals surface area contributed by atoms with Crippen molar-refractivity contribution < 1.29 is 1.43 Å². The largest absolute Gasteiger partial charge is 0.260 e. The summed E-state index contributed by atoms with van der Waals surface area (Å²) in [5.74, 6) is 0. The van der Waals surface area contributed by atoms with Gasteiger partial charge in [0.05, 0.1) is 11.4 Å². The van der Waals surface area contributed by atoms with E-state index in [1.807, 2.05) is 18.5 Å². The standard InChI is InChI=1S/C25H22N2.H2/c1-17-6-2-3-8-21(17)20-15-23-22(10-12-25(23)27-16-20)18-9-11-24-19(14-18)7-4-5-13-26-24;/h4-6,8-11,13-16H,2-3,7,12H2,1H3;1H. The number of benzene rings is 1. The molecule has 1 aliphatic heterocycles. The maximum Gasteiger partial charge on any atom is 0.0665 e. The number of hydrogen-bond donors (Lipinski definition) is 0. The van der Waals surface area contributed by atoms with Crippen LogP contribution in [-0.4, -0.2) is 11.2 Å². The molecule has 27 heavy (non-hydrogen) atoms. The van der Waals surface area contributed by atoms with E-state index < -0.39 is 0 Å². The molecule has 1 aromatic carbocycles. The van der Waals surface area contributed by atoms with Crippen LogP contribution in [0.3, 0.4) is 0 Å². The number of aliphatic imine (C=N–C) groups is 1. The van der Waals surface area contributed by atoms with Crippen LogP contribution >= 0.6 is 0 Å². The van der Waals surface area contributed by atoms with E-state index in [9.17, 15) is 0 Å². The molecule has 134 valence electrons. The van der Waals surface area contributed by atoms with Gasteiger partial charge in [-0.1, -0.05) is 30.4 Å². The number of pyridine rings is 1. The van der Waals surface area contributed by atoms with Crippen LogP contribution in [0.1, 0.15) is 49.1 Å². The average molecular weight is 352 g/mol. The zero-order valence-corrected chi connectivity index (χ0v) is 15.6. The molecule has 0 amide bonds. The predicted octanol–water partition coefficient (Wildman–Crippen LogP) is 6.25. The summed E-state index contributed by atoms with van der Waals surface area (Å²) in [4.78, 5) is 9.32. The van der Waals surface area contributed by atoms with Crippen LogP contribution in [0.15, 0.2) is 71.4 Å². The summed E-state index contributed by atoms with van der Waals surface area (Å²) < 4.78 is 0. The first-order valence-corrected chi connectivity index (χ1v) is 9.69. The van der Waals surface area contributed by atoms with Gasteiger partial charge in [0.15, 0.2) is 0 Å². The summed E-state index contributed by atoms with van der Waals surface area (Å²) in [5, 5.41) is 0. The normalized spacial score (nSPS) is 17.6. The molecule has 0 saturated carbocycles. The Labute approximate surface area is 161 Å². The maximum atomic E-state index is 4.79. The molecule has 2 heteroatoms. The van der Waals surface area contributed by atoms with E-state index in [0.29, 0.717) is 0 Å². The van der Waals surface area contributed by atoms with E-state index in [2.05, 4.69) is 60.5 Å². The molecule has 2 aliphatic carbocycles. The minimum atomic E-state index is 0. The monoisotopic (exact) mass is 352 g/mol. The van der Waals surface area contributed by atoms with Crippen LogP contribution in [0.25, 0.3) is 11.1 Å². The van der Waals surface area contributed by atoms with Gasteiger partial charge in [-0.2, -0.15) is 0 Å². The van der Waals surface area contributed by atoms with Crippen molar-refractivity contribution in [3.63, 3.8) is 0 Å². The van der Waals surface area contributed by atoms with Crippen molar-refractivity contribution in [1.29, 1.82) is 0 Å². The highest BCUT2D eigenvalue weighted by atomic mass is 14.7. The van der Waals surface area contributed by atoms with Gasteiger partial charge >= 0.3 is 0 Å². The highest BCUT2D eigenvalue weighted by molar-refractivity contribution is 5.88. The summed E-state index contributed by atoms with van der Waals surface area (Å²) in [7, 11) is 0. The Balaban J connectivity index is 0.00000192. The Kier molecular flexibility index (Phi) is 3.97. The summed E-state index contributed by atoms with van der Waals surface area (Å²) in [6, 6.07) is 8.96. The molecule has 0 spiro atoms. The Morgan fingerprint density at radius 2 is 1.85 bits per heavy atom. The van der Waals surface area contributed by atoms with Crippen LogP contribution in [0.5, 0.6) is 0 Å². The second kappa shape index (κ2) is 6.62. The maximum absolute atomic E-state index is 4.79. The zero-order chi connectivity index (χ0) is 18.2. The molecule has 0 radical (unpaired) electrons. The second-order valence-electron chi connectivity index (χ2n) is 7.38. The number of hydrogen-bond acceptors (Lipinski definition) is 2. The van der Waals surface area contributed by atoms with Crippen molar-refractivity contribution in [2.24, 2.45) is 4.99 Å². The number of allylic oxidation sites excluding steroid dienone is 7. The van der Waals surface area contributed by atoms with E-state index in [1.54, 1.807) is 0 Å². The predicted molar refractivity (Wildman–Crippen MR) is 116 cm³/mol. The molecule has 2 heterocycles. The molecule has 0 saturated heterocycles. The Hall–Kier alpha value is -3.00. The SMILES string of the molecule is CC1=CCCC=C1c1cnc2c(c1)C(c1ccc3c(c1)CC=CC=N3)=CC2.[HH]. The molecular weight excluding hydrogens is 328 g/mol. The minimum absolute atomic E-state index is 0. The lowest BCUT2D eigenvalue weighted by molar-refractivity contribution is 1.02. The fraction of sp³-hybridized carbons (Fsp3) is 0.200. The molecule has 0 N–H and O–H groups in total. The molecular formula is C25H24N2. The van der Waals surface area contributed by atoms with E-state index in [-0.39, 0.29) is 1.43 Å². The number of fused-ring (bicyclic) bond motifs is 2. The summed E-state index contributed by atoms with van der Waals surface area (Å²) in [6.45, 7) is 2.20. The van der Waals surface area contributed by atoms with Gasteiger partial charge in [-0.25, -0.2) is 0 Å². The second-order valence-corrected chi connectivity index (χ2v) is 7.38. The summed E-state index contributed by atoms with van der Waals surface area (Å²) in [6.07, 6.45) is 19.2. The van der Waals surface area contributed by atoms with E-state index in [1.165, 1.54) is 44.7 Å². The van der Waals surface area contributed by atoms with Gasteiger partial charge in [0.2, 0.25) is 0 Å². The lowest BCUT2D eigenvalue weighted by atomic mass is 9.91. The van der Waals surface area contributed by atoms with E-state index in [4.69, 9.17) is 4.98 Å². The molecule has 3 aliphatic rings. The Morgan fingerprint density at radius 3 is 2.78 bits per heavy atom. The molecule has 0 unspecified atom stereocenters. The first-order chi connectivity index (χ1) is 13.3. The third-order valence-corrected chi connectivity index (χ3v) is 5.63. The van der Waals surface area contributed by atoms with Crippen molar-refractivity contribution >= 4 is 23.0 Å². The molecule has 5 rings (SSSR count). The van der Waals surface area contributed by atoms with Crippen molar-refractivity contribution in [1.82, 2.24) is 4.98 Å². The van der Waals surface area contributed by atoms with Gasteiger partial charge in [0.1, 0.15) is 0 Å². The third kappa shape index (κ3) is 2.91. The first-order valence-electron chi connectivity index (χ1n) is 9.69. The topological polar surface area (TPSA) is 25.2 Å². The Morgan fingerprint density at radius 1 is 0.926 bits per heavy atom. The van der Waals surface area contributed by atoms with Gasteiger partial charge in [-0.3, -0.25) is 9.98 Å². The molecule has 2 nitrogen and oxygen atoms in total. The van der Waals surface area contributed by atoms with Crippen molar-refractivity contribution in [2.45, 2.75) is 32.6 Å². The molecule has 1 aromatic heterocycles. The number of rotatable bonds is 2. The highest BCUT2D eigenvalue weighted by Gasteiger charge is 2.20. The molecule has 0 bridgehead atoms. The van der Waals surface area contributed by atoms with Crippen LogP contribution in [0.2, 0.25) is 0 Å². The Bertz CT molecular complexity index is 1080. The van der Waals surface area contributed by atoms with Crippen molar-refractivity contribution in [3.05, 3.63) is 94.4 Å². The fourth-order valence-electron chi connectivity index (χ4n) is 4.18. The lowest BCUT2D eigenvalue weighted by Gasteiger charge is -2.15. The number of aromatic nitrogens is 1. The van der Waals surface area contributed by atoms with Gasteiger partial charge < -0.3 is 0 Å². The molecule has 0 atom stereocenters. The van der Waals surface area contributed by atoms with Gasteiger partial charge in [-0.15, -0.1) is 0 Å². The number of nitrogens with zero attached hydrogens (tertiary/aromatic N) is 2. The van der Waals surface area contributed by atoms with Gasteiger partial charge in [0, 0.05) is 31.4 Å². The summed E-state index contributed by atoms with van der Waals surface area (Å²) >= 11 is 0. The van der Waals surface area contributed by atoms with E-state index >= 15 is 0 Å². The highest BCUT2D eigenvalue weighted by Crippen LogP contribution is 2.37. The minimum Gasteiger partial charge on any atom is -0.260 e.